The Hall–Kier alpha value is -1.76. The number of aromatic nitrogens is 1. The number of hydrogen-bond donors (Lipinski definition) is 2. The number of aromatic hydroxyl groups is 1. The lowest BCUT2D eigenvalue weighted by Crippen LogP contribution is -2.45. The Balaban J connectivity index is 2.32. The van der Waals surface area contributed by atoms with E-state index in [9.17, 15) is 19.8 Å². The number of aliphatic carboxylic acids is 1. The van der Waals surface area contributed by atoms with E-state index in [0.29, 0.717) is 12.2 Å². The van der Waals surface area contributed by atoms with E-state index in [4.69, 9.17) is 0 Å². The van der Waals surface area contributed by atoms with Gasteiger partial charge in [-0.15, -0.1) is 11.8 Å². The molecule has 2 heterocycles. The zero-order chi connectivity index (χ0) is 14.7. The fourth-order valence-corrected chi connectivity index (χ4v) is 3.69. The summed E-state index contributed by atoms with van der Waals surface area (Å²) in [5, 5.41) is 18.8. The molecule has 2 N–H and O–H groups in total. The molecule has 108 valence electrons. The lowest BCUT2D eigenvalue weighted by atomic mass is 10.2. The van der Waals surface area contributed by atoms with Crippen molar-refractivity contribution >= 4 is 23.6 Å². The van der Waals surface area contributed by atoms with Gasteiger partial charge in [0, 0.05) is 11.9 Å². The molecule has 1 aromatic heterocycles. The van der Waals surface area contributed by atoms with E-state index in [-0.39, 0.29) is 16.8 Å². The molecule has 2 unspecified atom stereocenters. The maximum absolute atomic E-state index is 12.5. The third kappa shape index (κ3) is 2.72. The van der Waals surface area contributed by atoms with Gasteiger partial charge in [0.05, 0.1) is 5.37 Å². The van der Waals surface area contributed by atoms with Gasteiger partial charge in [-0.2, -0.15) is 0 Å². The topological polar surface area (TPSA) is 90.7 Å². The van der Waals surface area contributed by atoms with Crippen LogP contribution in [0.5, 0.6) is 5.75 Å². The lowest BCUT2D eigenvalue weighted by molar-refractivity contribution is -0.141. The van der Waals surface area contributed by atoms with E-state index >= 15 is 0 Å². The number of rotatable bonds is 4. The standard InChI is InChI=1S/C13H16N2O4S/c1-2-4-10-15(8(7-20-10)13(18)19)12(17)11-9(16)5-3-6-14-11/h3,5-6,8,10,16H,2,4,7H2,1H3,(H,18,19). The van der Waals surface area contributed by atoms with E-state index in [1.54, 1.807) is 0 Å². The number of nitrogens with zero attached hydrogens (tertiary/aromatic N) is 2. The number of amides is 1. The Morgan fingerprint density at radius 2 is 2.30 bits per heavy atom. The van der Waals surface area contributed by atoms with E-state index in [2.05, 4.69) is 4.98 Å². The molecule has 1 fully saturated rings. The number of carboxylic acid groups (broad SMARTS) is 1. The Morgan fingerprint density at radius 1 is 1.55 bits per heavy atom. The summed E-state index contributed by atoms with van der Waals surface area (Å²) in [6, 6.07) is 2.02. The first-order chi connectivity index (χ1) is 9.56. The maximum Gasteiger partial charge on any atom is 0.327 e. The molecular weight excluding hydrogens is 280 g/mol. The summed E-state index contributed by atoms with van der Waals surface area (Å²) in [6.07, 6.45) is 2.97. The van der Waals surface area contributed by atoms with Crippen molar-refractivity contribution in [1.82, 2.24) is 9.88 Å². The minimum absolute atomic E-state index is 0.0950. The van der Waals surface area contributed by atoms with Crippen LogP contribution in [-0.2, 0) is 4.79 Å². The van der Waals surface area contributed by atoms with E-state index in [0.717, 1.165) is 6.42 Å². The third-order valence-electron chi connectivity index (χ3n) is 3.14. The van der Waals surface area contributed by atoms with Crippen LogP contribution in [0.15, 0.2) is 18.3 Å². The van der Waals surface area contributed by atoms with E-state index < -0.39 is 17.9 Å². The molecule has 0 aromatic carbocycles. The SMILES string of the molecule is CCCC1SCC(C(=O)O)N1C(=O)c1ncccc1O. The van der Waals surface area contributed by atoms with Gasteiger partial charge in [-0.1, -0.05) is 13.3 Å². The van der Waals surface area contributed by atoms with Crippen LogP contribution in [-0.4, -0.2) is 49.1 Å². The molecule has 20 heavy (non-hydrogen) atoms. The minimum atomic E-state index is -1.03. The monoisotopic (exact) mass is 296 g/mol. The van der Waals surface area contributed by atoms with Crippen LogP contribution in [0.2, 0.25) is 0 Å². The average Bonchev–Trinajstić information content (AvgIpc) is 2.83. The molecule has 0 aliphatic carbocycles. The van der Waals surface area contributed by atoms with Gasteiger partial charge < -0.3 is 15.1 Å². The summed E-state index contributed by atoms with van der Waals surface area (Å²) in [7, 11) is 0. The molecule has 0 saturated carbocycles. The quantitative estimate of drug-likeness (QED) is 0.876. The fraction of sp³-hybridized carbons (Fsp3) is 0.462. The average molecular weight is 296 g/mol. The van der Waals surface area contributed by atoms with Crippen LogP contribution in [0, 0.1) is 0 Å². The van der Waals surface area contributed by atoms with Crippen LogP contribution in [0.25, 0.3) is 0 Å². The van der Waals surface area contributed by atoms with Crippen molar-refractivity contribution in [2.24, 2.45) is 0 Å². The van der Waals surface area contributed by atoms with Crippen molar-refractivity contribution in [3.8, 4) is 5.75 Å². The zero-order valence-electron chi connectivity index (χ0n) is 11.0. The smallest absolute Gasteiger partial charge is 0.327 e. The highest BCUT2D eigenvalue weighted by molar-refractivity contribution is 8.00. The molecule has 1 aromatic rings. The van der Waals surface area contributed by atoms with Crippen LogP contribution < -0.4 is 0 Å². The highest BCUT2D eigenvalue weighted by atomic mass is 32.2. The molecule has 1 amide bonds. The van der Waals surface area contributed by atoms with Gasteiger partial charge in [0.1, 0.15) is 11.8 Å². The van der Waals surface area contributed by atoms with E-state index in [1.165, 1.54) is 35.0 Å². The summed E-state index contributed by atoms with van der Waals surface area (Å²) in [6.45, 7) is 1.98. The lowest BCUT2D eigenvalue weighted by Gasteiger charge is -2.26. The zero-order valence-corrected chi connectivity index (χ0v) is 11.8. The summed E-state index contributed by atoms with van der Waals surface area (Å²) in [5.41, 5.74) is -0.0950. The van der Waals surface area contributed by atoms with Crippen molar-refractivity contribution in [3.63, 3.8) is 0 Å². The Kier molecular flexibility index (Phi) is 4.49. The number of carbonyl (C=O) groups excluding carboxylic acids is 1. The van der Waals surface area contributed by atoms with Crippen molar-refractivity contribution in [2.45, 2.75) is 31.2 Å². The molecular formula is C13H16N2O4S. The number of carbonyl (C=O) groups is 2. The first-order valence-electron chi connectivity index (χ1n) is 6.37. The summed E-state index contributed by atoms with van der Waals surface area (Å²) < 4.78 is 0. The van der Waals surface area contributed by atoms with Gasteiger partial charge in [-0.05, 0) is 18.6 Å². The van der Waals surface area contributed by atoms with Gasteiger partial charge in [0.15, 0.2) is 5.69 Å². The summed E-state index contributed by atoms with van der Waals surface area (Å²) in [4.78, 5) is 29.0. The van der Waals surface area contributed by atoms with E-state index in [1.807, 2.05) is 6.92 Å². The Bertz CT molecular complexity index is 523. The highest BCUT2D eigenvalue weighted by Gasteiger charge is 2.42. The predicted molar refractivity (Wildman–Crippen MR) is 74.6 cm³/mol. The van der Waals surface area contributed by atoms with Gasteiger partial charge in [0.25, 0.3) is 5.91 Å². The summed E-state index contributed by atoms with van der Waals surface area (Å²) >= 11 is 1.46. The normalized spacial score (nSPS) is 21.9. The largest absolute Gasteiger partial charge is 0.505 e. The van der Waals surface area contributed by atoms with Crippen LogP contribution in [0.1, 0.15) is 30.3 Å². The fourth-order valence-electron chi connectivity index (χ4n) is 2.18. The number of pyridine rings is 1. The first kappa shape index (κ1) is 14.6. The minimum Gasteiger partial charge on any atom is -0.505 e. The van der Waals surface area contributed by atoms with Gasteiger partial charge in [-0.3, -0.25) is 4.79 Å². The molecule has 2 atom stereocenters. The van der Waals surface area contributed by atoms with Crippen molar-refractivity contribution < 1.29 is 19.8 Å². The number of carboxylic acids is 1. The van der Waals surface area contributed by atoms with Gasteiger partial charge in [0.2, 0.25) is 0 Å². The maximum atomic E-state index is 12.5. The van der Waals surface area contributed by atoms with Gasteiger partial charge >= 0.3 is 5.97 Å². The molecule has 0 bridgehead atoms. The molecule has 1 aliphatic heterocycles. The van der Waals surface area contributed by atoms with Gasteiger partial charge in [-0.25, -0.2) is 9.78 Å². The van der Waals surface area contributed by atoms with Crippen LogP contribution in [0.3, 0.4) is 0 Å². The number of hydrogen-bond acceptors (Lipinski definition) is 5. The molecule has 7 heteroatoms. The molecule has 6 nitrogen and oxygen atoms in total. The van der Waals surface area contributed by atoms with Crippen LogP contribution in [0.4, 0.5) is 0 Å². The van der Waals surface area contributed by atoms with Crippen molar-refractivity contribution in [1.29, 1.82) is 0 Å². The molecule has 0 spiro atoms. The molecule has 0 radical (unpaired) electrons. The molecule has 1 saturated heterocycles. The second kappa shape index (κ2) is 6.13. The predicted octanol–water partition coefficient (Wildman–Crippen LogP) is 1.56. The molecule has 1 aliphatic rings. The van der Waals surface area contributed by atoms with Crippen molar-refractivity contribution in [3.05, 3.63) is 24.0 Å². The number of thioether (sulfide) groups is 1. The van der Waals surface area contributed by atoms with Crippen LogP contribution >= 0.6 is 11.8 Å². The molecule has 2 rings (SSSR count). The van der Waals surface area contributed by atoms with Crippen molar-refractivity contribution in [2.75, 3.05) is 5.75 Å². The second-order valence-electron chi connectivity index (χ2n) is 4.51. The summed E-state index contributed by atoms with van der Waals surface area (Å²) in [5.74, 6) is -1.42. The first-order valence-corrected chi connectivity index (χ1v) is 7.42. The second-order valence-corrected chi connectivity index (χ2v) is 5.73. The third-order valence-corrected chi connectivity index (χ3v) is 4.49. The highest BCUT2D eigenvalue weighted by Crippen LogP contribution is 2.34. The Morgan fingerprint density at radius 3 is 2.90 bits per heavy atom. The Labute approximate surface area is 120 Å².